The molecule has 0 bridgehead atoms. The van der Waals surface area contributed by atoms with Gasteiger partial charge >= 0.3 is 6.18 Å². The number of nitrogens with zero attached hydrogens (tertiary/aromatic N) is 3. The first-order valence-corrected chi connectivity index (χ1v) is 12.4. The van der Waals surface area contributed by atoms with Crippen molar-refractivity contribution < 1.29 is 27.6 Å². The highest BCUT2D eigenvalue weighted by molar-refractivity contribution is 5.97. The van der Waals surface area contributed by atoms with Crippen LogP contribution in [0.4, 0.5) is 13.2 Å². The van der Waals surface area contributed by atoms with Crippen LogP contribution in [-0.2, 0) is 11.0 Å². The van der Waals surface area contributed by atoms with Gasteiger partial charge in [0.05, 0.1) is 16.6 Å². The summed E-state index contributed by atoms with van der Waals surface area (Å²) in [5.41, 5.74) is -0.844. The summed E-state index contributed by atoms with van der Waals surface area (Å²) in [7, 11) is 0. The molecular formula is C27H28F3N5O4. The van der Waals surface area contributed by atoms with Crippen molar-refractivity contribution in [1.82, 2.24) is 25.1 Å². The number of nitrogens with one attached hydrogen (secondary N) is 2. The van der Waals surface area contributed by atoms with E-state index in [2.05, 4.69) is 15.3 Å². The van der Waals surface area contributed by atoms with E-state index in [0.29, 0.717) is 11.0 Å². The van der Waals surface area contributed by atoms with E-state index in [-0.39, 0.29) is 42.7 Å². The van der Waals surface area contributed by atoms with Crippen LogP contribution in [0.2, 0.25) is 0 Å². The molecule has 0 radical (unpaired) electrons. The number of piperazine rings is 1. The number of aromatic nitrogens is 2. The molecule has 12 heteroatoms. The van der Waals surface area contributed by atoms with Crippen molar-refractivity contribution in [1.29, 1.82) is 0 Å². The number of carbonyl (C=O) groups excluding carboxylic acids is 3. The van der Waals surface area contributed by atoms with Gasteiger partial charge in [-0.25, -0.2) is 4.98 Å². The van der Waals surface area contributed by atoms with Gasteiger partial charge in [-0.3, -0.25) is 19.2 Å². The summed E-state index contributed by atoms with van der Waals surface area (Å²) in [6, 6.07) is 9.40. The third kappa shape index (κ3) is 5.94. The summed E-state index contributed by atoms with van der Waals surface area (Å²) >= 11 is 0. The summed E-state index contributed by atoms with van der Waals surface area (Å²) in [5, 5.41) is 2.64. The molecule has 2 N–H and O–H groups in total. The van der Waals surface area contributed by atoms with E-state index in [9.17, 15) is 32.3 Å². The molecule has 1 aliphatic rings. The summed E-state index contributed by atoms with van der Waals surface area (Å²) in [4.78, 5) is 61.6. The van der Waals surface area contributed by atoms with Gasteiger partial charge in [-0.2, -0.15) is 13.2 Å². The molecule has 1 saturated heterocycles. The number of benzene rings is 2. The van der Waals surface area contributed by atoms with Gasteiger partial charge in [0.25, 0.3) is 17.4 Å². The van der Waals surface area contributed by atoms with Gasteiger partial charge in [0.1, 0.15) is 6.04 Å². The lowest BCUT2D eigenvalue weighted by Crippen LogP contribution is -2.60. The molecule has 206 valence electrons. The Morgan fingerprint density at radius 1 is 1.05 bits per heavy atom. The minimum absolute atomic E-state index is 0.120. The zero-order valence-corrected chi connectivity index (χ0v) is 21.6. The number of amides is 3. The second-order valence-electron chi connectivity index (χ2n) is 9.83. The van der Waals surface area contributed by atoms with Crippen molar-refractivity contribution in [3.05, 3.63) is 75.7 Å². The molecule has 1 fully saturated rings. The third-order valence-electron chi connectivity index (χ3n) is 6.69. The number of alkyl halides is 3. The summed E-state index contributed by atoms with van der Waals surface area (Å²) < 4.78 is 38.6. The maximum absolute atomic E-state index is 13.4. The fourth-order valence-electron chi connectivity index (χ4n) is 4.53. The molecule has 9 nitrogen and oxygen atoms in total. The van der Waals surface area contributed by atoms with Crippen molar-refractivity contribution in [2.75, 3.05) is 19.6 Å². The van der Waals surface area contributed by atoms with Crippen molar-refractivity contribution in [3.8, 4) is 0 Å². The van der Waals surface area contributed by atoms with Gasteiger partial charge in [0, 0.05) is 31.2 Å². The van der Waals surface area contributed by atoms with Gasteiger partial charge in [-0.15, -0.1) is 0 Å². The quantitative estimate of drug-likeness (QED) is 0.513. The fraction of sp³-hybridized carbons (Fsp3) is 0.370. The van der Waals surface area contributed by atoms with E-state index in [4.69, 9.17) is 0 Å². The Bertz CT molecular complexity index is 1450. The SMILES string of the molecule is CC(C)[C@H](NC(=O)c1nc2ccccc2[nH]c1=O)C(=O)N1CCN(C(=O)c2ccc(C(F)(F)F)cc2)[C@@H](C)C1. The second kappa shape index (κ2) is 10.9. The molecule has 39 heavy (non-hydrogen) atoms. The zero-order chi connectivity index (χ0) is 28.5. The van der Waals surface area contributed by atoms with E-state index in [0.717, 1.165) is 24.3 Å². The number of hydrogen-bond acceptors (Lipinski definition) is 5. The van der Waals surface area contributed by atoms with Gasteiger partial charge < -0.3 is 20.1 Å². The van der Waals surface area contributed by atoms with Crippen molar-refractivity contribution in [2.45, 2.75) is 39.0 Å². The first-order chi connectivity index (χ1) is 18.4. The molecule has 0 unspecified atom stereocenters. The Kier molecular flexibility index (Phi) is 7.75. The molecular weight excluding hydrogens is 515 g/mol. The van der Waals surface area contributed by atoms with Crippen LogP contribution in [0.1, 0.15) is 47.2 Å². The van der Waals surface area contributed by atoms with Crippen molar-refractivity contribution in [2.24, 2.45) is 5.92 Å². The summed E-state index contributed by atoms with van der Waals surface area (Å²) in [6.45, 7) is 5.76. The van der Waals surface area contributed by atoms with Crippen molar-refractivity contribution >= 4 is 28.8 Å². The highest BCUT2D eigenvalue weighted by atomic mass is 19.4. The topological polar surface area (TPSA) is 115 Å². The maximum atomic E-state index is 13.4. The van der Waals surface area contributed by atoms with Crippen LogP contribution in [-0.4, -0.2) is 69.2 Å². The Morgan fingerprint density at radius 2 is 1.72 bits per heavy atom. The summed E-state index contributed by atoms with van der Waals surface area (Å²) in [5.74, 6) is -1.90. The van der Waals surface area contributed by atoms with E-state index in [1.165, 1.54) is 9.80 Å². The van der Waals surface area contributed by atoms with E-state index in [1.807, 2.05) is 0 Å². The van der Waals surface area contributed by atoms with E-state index < -0.39 is 41.2 Å². The smallest absolute Gasteiger partial charge is 0.338 e. The Balaban J connectivity index is 1.44. The van der Waals surface area contributed by atoms with Crippen molar-refractivity contribution in [3.63, 3.8) is 0 Å². The number of fused-ring (bicyclic) bond motifs is 1. The summed E-state index contributed by atoms with van der Waals surface area (Å²) in [6.07, 6.45) is -4.50. The van der Waals surface area contributed by atoms with Crippen LogP contribution in [0.15, 0.2) is 53.3 Å². The number of halogens is 3. The number of hydrogen-bond donors (Lipinski definition) is 2. The highest BCUT2D eigenvalue weighted by Crippen LogP contribution is 2.29. The second-order valence-corrected chi connectivity index (χ2v) is 9.83. The molecule has 4 rings (SSSR count). The Morgan fingerprint density at radius 3 is 2.33 bits per heavy atom. The van der Waals surface area contributed by atoms with Crippen LogP contribution in [0, 0.1) is 5.92 Å². The molecule has 3 amide bonds. The largest absolute Gasteiger partial charge is 0.416 e. The molecule has 0 aliphatic carbocycles. The lowest BCUT2D eigenvalue weighted by atomic mass is 10.0. The zero-order valence-electron chi connectivity index (χ0n) is 21.6. The van der Waals surface area contributed by atoms with Crippen LogP contribution in [0.3, 0.4) is 0 Å². The first-order valence-electron chi connectivity index (χ1n) is 12.4. The van der Waals surface area contributed by atoms with Gasteiger partial charge in [-0.1, -0.05) is 26.0 Å². The van der Waals surface area contributed by atoms with Gasteiger partial charge in [0.15, 0.2) is 5.69 Å². The molecule has 2 heterocycles. The highest BCUT2D eigenvalue weighted by Gasteiger charge is 2.36. The molecule has 1 aromatic heterocycles. The standard InChI is InChI=1S/C27H28F3N5O4/c1-15(2)21(33-24(37)22-23(36)32-20-7-5-4-6-19(20)31-22)26(39)34-12-13-35(16(3)14-34)25(38)17-8-10-18(11-9-17)27(28,29)30/h4-11,15-16,21H,12-14H2,1-3H3,(H,32,36)(H,33,37)/t16-,21-/m0/s1. The number of rotatable bonds is 5. The average Bonchev–Trinajstić information content (AvgIpc) is 2.89. The molecule has 2 atom stereocenters. The molecule has 1 aliphatic heterocycles. The van der Waals surface area contributed by atoms with Gasteiger partial charge in [0.2, 0.25) is 5.91 Å². The number of aromatic amines is 1. The predicted molar refractivity (Wildman–Crippen MR) is 137 cm³/mol. The molecule has 3 aromatic rings. The molecule has 2 aromatic carbocycles. The average molecular weight is 544 g/mol. The van der Waals surface area contributed by atoms with Gasteiger partial charge in [-0.05, 0) is 49.2 Å². The number of H-pyrrole nitrogens is 1. The lowest BCUT2D eigenvalue weighted by Gasteiger charge is -2.41. The monoisotopic (exact) mass is 543 g/mol. The first kappa shape index (κ1) is 27.8. The van der Waals surface area contributed by atoms with E-state index in [1.54, 1.807) is 45.0 Å². The number of para-hydroxylation sites is 2. The number of carbonyl (C=O) groups is 3. The van der Waals surface area contributed by atoms with Crippen LogP contribution in [0.25, 0.3) is 11.0 Å². The maximum Gasteiger partial charge on any atom is 0.416 e. The Hall–Kier alpha value is -4.22. The fourth-order valence-corrected chi connectivity index (χ4v) is 4.53. The predicted octanol–water partition coefficient (Wildman–Crippen LogP) is 3.07. The van der Waals surface area contributed by atoms with Crippen LogP contribution in [0.5, 0.6) is 0 Å². The minimum Gasteiger partial charge on any atom is -0.338 e. The van der Waals surface area contributed by atoms with Crippen LogP contribution < -0.4 is 10.9 Å². The minimum atomic E-state index is -4.50. The Labute approximate surface area is 222 Å². The lowest BCUT2D eigenvalue weighted by molar-refractivity contribution is -0.137. The molecule has 0 spiro atoms. The molecule has 0 saturated carbocycles. The normalized spacial score (nSPS) is 16.8. The van der Waals surface area contributed by atoms with Crippen LogP contribution >= 0.6 is 0 Å². The van der Waals surface area contributed by atoms with E-state index >= 15 is 0 Å². The third-order valence-corrected chi connectivity index (χ3v) is 6.69.